The summed E-state index contributed by atoms with van der Waals surface area (Å²) >= 11 is 7.08. The van der Waals surface area contributed by atoms with E-state index in [4.69, 9.17) is 31.0 Å². The first-order chi connectivity index (χ1) is 23.1. The maximum absolute atomic E-state index is 12.5. The Hall–Kier alpha value is -3.68. The number of ether oxygens (including phenoxy) is 2. The molecule has 12 nitrogen and oxygen atoms in total. The largest absolute Gasteiger partial charge is 0.444 e. The zero-order chi connectivity index (χ0) is 35.2. The molecular formula is C35H49ClN8O4Si. The zero-order valence-electron chi connectivity index (χ0n) is 29.9. The molecule has 2 unspecified atom stereocenters. The van der Waals surface area contributed by atoms with E-state index < -0.39 is 13.7 Å². The lowest BCUT2D eigenvalue weighted by molar-refractivity contribution is -0.129. The number of alkyl carbamates (subject to hydrolysis) is 1. The molecule has 2 bridgehead atoms. The predicted molar refractivity (Wildman–Crippen MR) is 196 cm³/mol. The minimum Gasteiger partial charge on any atom is -0.444 e. The highest BCUT2D eigenvalue weighted by Crippen LogP contribution is 2.41. The number of benzene rings is 1. The minimum absolute atomic E-state index is 0.0515. The summed E-state index contributed by atoms with van der Waals surface area (Å²) in [4.78, 5) is 39.1. The molecule has 0 aliphatic carbocycles. The van der Waals surface area contributed by atoms with Crippen molar-refractivity contribution in [2.45, 2.75) is 109 Å². The van der Waals surface area contributed by atoms with E-state index in [0.29, 0.717) is 23.9 Å². The molecule has 3 aromatic heterocycles. The molecule has 2 saturated heterocycles. The van der Waals surface area contributed by atoms with E-state index in [2.05, 4.69) is 35.0 Å². The lowest BCUT2D eigenvalue weighted by Gasteiger charge is -2.39. The van der Waals surface area contributed by atoms with Gasteiger partial charge in [-0.05, 0) is 58.6 Å². The first-order valence-electron chi connectivity index (χ1n) is 17.1. The molecule has 0 spiro atoms. The molecule has 2 aliphatic rings. The lowest BCUT2D eigenvalue weighted by Crippen LogP contribution is -2.51. The summed E-state index contributed by atoms with van der Waals surface area (Å²) in [5.74, 6) is 0.779. The topological polar surface area (TPSA) is 120 Å². The number of fused-ring (bicyclic) bond motifs is 4. The average Bonchev–Trinajstić information content (AvgIpc) is 3.65. The Bertz CT molecular complexity index is 1850. The maximum atomic E-state index is 12.5. The van der Waals surface area contributed by atoms with Crippen molar-refractivity contribution >= 4 is 59.6 Å². The first kappa shape index (κ1) is 35.2. The highest BCUT2D eigenvalue weighted by atomic mass is 35.5. The van der Waals surface area contributed by atoms with E-state index in [1.165, 1.54) is 0 Å². The number of amides is 2. The number of halogens is 1. The number of carbonyl (C=O) groups excluding carboxylic acids is 2. The van der Waals surface area contributed by atoms with Crippen molar-refractivity contribution in [3.05, 3.63) is 35.7 Å². The Balaban J connectivity index is 1.31. The summed E-state index contributed by atoms with van der Waals surface area (Å²) in [6.45, 7) is 13.8. The Labute approximate surface area is 294 Å². The van der Waals surface area contributed by atoms with Crippen LogP contribution in [0.1, 0.15) is 46.5 Å². The Kier molecular flexibility index (Phi) is 9.73. The number of nitrogens with one attached hydrogen (secondary N) is 1. The fourth-order valence-electron chi connectivity index (χ4n) is 6.82. The van der Waals surface area contributed by atoms with Crippen LogP contribution in [0.5, 0.6) is 0 Å². The van der Waals surface area contributed by atoms with Gasteiger partial charge < -0.3 is 29.2 Å². The van der Waals surface area contributed by atoms with Gasteiger partial charge in [-0.2, -0.15) is 5.10 Å². The van der Waals surface area contributed by atoms with E-state index in [1.54, 1.807) is 23.7 Å². The fourth-order valence-corrected chi connectivity index (χ4v) is 7.89. The number of hydrogen-bond acceptors (Lipinski definition) is 8. The van der Waals surface area contributed by atoms with Gasteiger partial charge >= 0.3 is 6.09 Å². The molecule has 2 aliphatic heterocycles. The van der Waals surface area contributed by atoms with Crippen LogP contribution in [0.15, 0.2) is 30.7 Å². The molecule has 14 heteroatoms. The number of hydrogen-bond donors (Lipinski definition) is 1. The summed E-state index contributed by atoms with van der Waals surface area (Å²) in [6.07, 6.45) is 9.07. The Morgan fingerprint density at radius 2 is 1.80 bits per heavy atom. The van der Waals surface area contributed by atoms with E-state index in [1.807, 2.05) is 56.1 Å². The van der Waals surface area contributed by atoms with Gasteiger partial charge in [-0.15, -0.1) is 0 Å². The van der Waals surface area contributed by atoms with Crippen molar-refractivity contribution in [2.75, 3.05) is 25.6 Å². The minimum atomic E-state index is -1.26. The van der Waals surface area contributed by atoms with Crippen molar-refractivity contribution in [3.8, 4) is 11.1 Å². The molecule has 5 heterocycles. The number of rotatable bonds is 10. The van der Waals surface area contributed by atoms with Crippen LogP contribution in [0.2, 0.25) is 30.7 Å². The summed E-state index contributed by atoms with van der Waals surface area (Å²) in [6, 6.07) is 5.49. The van der Waals surface area contributed by atoms with Crippen LogP contribution >= 0.6 is 11.6 Å². The van der Waals surface area contributed by atoms with E-state index in [-0.39, 0.29) is 36.7 Å². The second kappa shape index (κ2) is 13.6. The molecule has 0 radical (unpaired) electrons. The molecule has 6 rings (SSSR count). The van der Waals surface area contributed by atoms with Crippen molar-refractivity contribution < 1.29 is 19.1 Å². The quantitative estimate of drug-likeness (QED) is 0.146. The third kappa shape index (κ3) is 7.89. The molecule has 264 valence electrons. The second-order valence-electron chi connectivity index (χ2n) is 15.8. The van der Waals surface area contributed by atoms with Crippen LogP contribution in [-0.2, 0) is 27.5 Å². The normalized spacial score (nSPS) is 19.5. The van der Waals surface area contributed by atoms with Gasteiger partial charge in [0.05, 0.1) is 16.7 Å². The summed E-state index contributed by atoms with van der Waals surface area (Å²) in [5, 5.41) is 9.00. The molecule has 4 aromatic rings. The van der Waals surface area contributed by atoms with Gasteiger partial charge in [0.15, 0.2) is 5.65 Å². The van der Waals surface area contributed by atoms with Gasteiger partial charge in [0.1, 0.15) is 30.2 Å². The van der Waals surface area contributed by atoms with Crippen LogP contribution < -0.4 is 10.2 Å². The third-order valence-corrected chi connectivity index (χ3v) is 11.4. The average molecular weight is 709 g/mol. The SMILES string of the molecule is CN(C)C(=O)Cn1cc2c(Cl)c(-c3cn(COCC[Si](C)(C)C)c4nc(N5C6CCC5CC(NC(=O)OC(C)(C)C)C6)cnc34)ccc2n1. The smallest absolute Gasteiger partial charge is 0.407 e. The monoisotopic (exact) mass is 708 g/mol. The molecular weight excluding hydrogens is 660 g/mol. The van der Waals surface area contributed by atoms with Crippen molar-refractivity contribution in [2.24, 2.45) is 0 Å². The standard InChI is InChI=1S/C35H49ClN8O4Si/c1-35(2,3)48-34(46)38-22-15-23-9-10-24(16-22)44(23)29-17-37-32-26(18-42(33(32)39-29)21-47-13-14-49(6,7)8)25-11-12-28-27(31(25)36)19-43(40-28)20-30(45)41(4)5/h11-12,17-19,22-24H,9-10,13-16,20-21H2,1-8H3,(H,38,46). The van der Waals surface area contributed by atoms with Gasteiger partial charge in [0.2, 0.25) is 5.91 Å². The molecule has 2 amide bonds. The van der Waals surface area contributed by atoms with E-state index in [9.17, 15) is 9.59 Å². The Morgan fingerprint density at radius 1 is 1.08 bits per heavy atom. The van der Waals surface area contributed by atoms with Crippen LogP contribution in [0.4, 0.5) is 10.6 Å². The summed E-state index contributed by atoms with van der Waals surface area (Å²) in [5.41, 5.74) is 3.32. The molecule has 0 saturated carbocycles. The van der Waals surface area contributed by atoms with Gasteiger partial charge in [-0.3, -0.25) is 9.48 Å². The van der Waals surface area contributed by atoms with Crippen LogP contribution in [0, 0.1) is 0 Å². The van der Waals surface area contributed by atoms with Crippen LogP contribution in [0.25, 0.3) is 33.2 Å². The number of piperidine rings is 1. The predicted octanol–water partition coefficient (Wildman–Crippen LogP) is 6.53. The number of likely N-dealkylation sites (N-methyl/N-ethyl adjacent to an activating group) is 1. The molecule has 49 heavy (non-hydrogen) atoms. The fraction of sp³-hybridized carbons (Fsp3) is 0.571. The number of nitrogens with zero attached hydrogens (tertiary/aromatic N) is 7. The van der Waals surface area contributed by atoms with E-state index in [0.717, 1.165) is 65.2 Å². The van der Waals surface area contributed by atoms with Crippen molar-refractivity contribution in [1.82, 2.24) is 34.5 Å². The Morgan fingerprint density at radius 3 is 2.45 bits per heavy atom. The van der Waals surface area contributed by atoms with Crippen molar-refractivity contribution in [3.63, 3.8) is 0 Å². The second-order valence-corrected chi connectivity index (χ2v) is 21.8. The number of anilines is 1. The number of carbonyl (C=O) groups is 2. The van der Waals surface area contributed by atoms with Gasteiger partial charge in [0.25, 0.3) is 0 Å². The highest BCUT2D eigenvalue weighted by Gasteiger charge is 2.42. The summed E-state index contributed by atoms with van der Waals surface area (Å²) < 4.78 is 15.4. The molecule has 2 atom stereocenters. The van der Waals surface area contributed by atoms with Gasteiger partial charge in [-0.1, -0.05) is 37.3 Å². The van der Waals surface area contributed by atoms with Crippen LogP contribution in [-0.4, -0.2) is 93.7 Å². The highest BCUT2D eigenvalue weighted by molar-refractivity contribution is 6.76. The first-order valence-corrected chi connectivity index (χ1v) is 21.2. The zero-order valence-corrected chi connectivity index (χ0v) is 31.7. The molecule has 1 aromatic carbocycles. The molecule has 2 fully saturated rings. The van der Waals surface area contributed by atoms with Gasteiger partial charge in [-0.25, -0.2) is 14.8 Å². The van der Waals surface area contributed by atoms with E-state index >= 15 is 0 Å². The van der Waals surface area contributed by atoms with Crippen molar-refractivity contribution in [1.29, 1.82) is 0 Å². The molecule has 1 N–H and O–H groups in total. The lowest BCUT2D eigenvalue weighted by atomic mass is 9.97. The number of aromatic nitrogens is 5. The maximum Gasteiger partial charge on any atom is 0.407 e. The van der Waals surface area contributed by atoms with Gasteiger partial charge in [0, 0.05) is 75.8 Å². The summed E-state index contributed by atoms with van der Waals surface area (Å²) in [7, 11) is 2.19. The van der Waals surface area contributed by atoms with Crippen LogP contribution in [0.3, 0.4) is 0 Å². The third-order valence-electron chi connectivity index (χ3n) is 9.26.